The molecule has 0 spiro atoms. The third-order valence-electron chi connectivity index (χ3n) is 4.16. The fourth-order valence-corrected chi connectivity index (χ4v) is 2.59. The zero-order chi connectivity index (χ0) is 22.5. The molecule has 0 unspecified atom stereocenters. The van der Waals surface area contributed by atoms with Crippen molar-refractivity contribution in [3.8, 4) is 11.5 Å². The van der Waals surface area contributed by atoms with E-state index in [4.69, 9.17) is 18.4 Å². The first-order chi connectivity index (χ1) is 15.2. The number of carbonyl (C=O) groups is 1. The number of carbonyl (C=O) groups excluding carboxylic acids is 1. The first kappa shape index (κ1) is 24.0. The van der Waals surface area contributed by atoms with Gasteiger partial charge in [-0.1, -0.05) is 24.3 Å². The molecule has 0 saturated heterocycles. The number of hydrogen-bond acceptors (Lipinski definition) is 5. The van der Waals surface area contributed by atoms with Gasteiger partial charge in [0.15, 0.2) is 0 Å². The van der Waals surface area contributed by atoms with Crippen molar-refractivity contribution in [3.63, 3.8) is 0 Å². The summed E-state index contributed by atoms with van der Waals surface area (Å²) in [5, 5.41) is 11.0. The molecule has 161 valence electrons. The van der Waals surface area contributed by atoms with Crippen molar-refractivity contribution in [1.82, 2.24) is 0 Å². The van der Waals surface area contributed by atoms with Crippen molar-refractivity contribution in [2.45, 2.75) is 6.61 Å². The minimum atomic E-state index is -0.401. The van der Waals surface area contributed by atoms with Crippen molar-refractivity contribution < 1.29 is 38.9 Å². The quantitative estimate of drug-likeness (QED) is 0.272. The molecule has 4 aromatic rings. The zero-order valence-electron chi connectivity index (χ0n) is 16.7. The third kappa shape index (κ3) is 7.46. The number of esters is 1. The Bertz CT molecular complexity index is 1080. The predicted octanol–water partition coefficient (Wildman–Crippen LogP) is 4.73. The standard InChI is InChI=1S/C18H13O3.C7H7O.Co.O/c19-12-13-5-9-17(10-6-13)21-18(20)16-8-7-14-3-1-2-4-15(14)11-16;1-8-7-5-3-2-4-6-7;;/h2-11,19H,12H2;3-6H,1H3;;/q2*-1;;. The van der Waals surface area contributed by atoms with Gasteiger partial charge in [0.05, 0.1) is 19.3 Å². The van der Waals surface area contributed by atoms with E-state index in [9.17, 15) is 4.79 Å². The summed E-state index contributed by atoms with van der Waals surface area (Å²) in [6.45, 7) is -0.0318. The molecular formula is C25H20CoO5-2. The summed E-state index contributed by atoms with van der Waals surface area (Å²) in [4.78, 5) is 12.1. The van der Waals surface area contributed by atoms with Crippen LogP contribution in [0, 0.1) is 12.1 Å². The third-order valence-corrected chi connectivity index (χ3v) is 4.16. The number of methoxy groups -OCH3 is 1. The van der Waals surface area contributed by atoms with Gasteiger partial charge >= 0.3 is 25.5 Å². The van der Waals surface area contributed by atoms with Gasteiger partial charge in [-0.05, 0) is 17.7 Å². The van der Waals surface area contributed by atoms with Crippen LogP contribution in [0.1, 0.15) is 15.9 Å². The number of rotatable bonds is 4. The van der Waals surface area contributed by atoms with Crippen LogP contribution in [0.2, 0.25) is 0 Å². The van der Waals surface area contributed by atoms with E-state index in [1.54, 1.807) is 43.5 Å². The van der Waals surface area contributed by atoms with Crippen molar-refractivity contribution in [2.75, 3.05) is 7.11 Å². The van der Waals surface area contributed by atoms with E-state index in [-0.39, 0.29) is 6.61 Å². The van der Waals surface area contributed by atoms with Crippen LogP contribution in [0.5, 0.6) is 11.5 Å². The minimum absolute atomic E-state index is 0.0318. The Morgan fingerprint density at radius 2 is 1.55 bits per heavy atom. The molecule has 0 bridgehead atoms. The van der Waals surface area contributed by atoms with Gasteiger partial charge in [0.1, 0.15) is 5.75 Å². The molecule has 0 saturated carbocycles. The second-order valence-electron chi connectivity index (χ2n) is 6.12. The summed E-state index contributed by atoms with van der Waals surface area (Å²) in [7, 11) is 1.65. The molecule has 0 amide bonds. The molecule has 0 aliphatic carbocycles. The van der Waals surface area contributed by atoms with E-state index in [0.717, 1.165) is 22.1 Å². The molecule has 0 heterocycles. The molecule has 0 aliphatic heterocycles. The Kier molecular flexibility index (Phi) is 10.1. The molecule has 6 heteroatoms. The fraction of sp³-hybridized carbons (Fsp3) is 0.0800. The maximum absolute atomic E-state index is 12.1. The number of aliphatic hydroxyl groups is 1. The van der Waals surface area contributed by atoms with Crippen LogP contribution < -0.4 is 9.47 Å². The fourth-order valence-electron chi connectivity index (χ4n) is 2.59. The van der Waals surface area contributed by atoms with E-state index in [1.807, 2.05) is 48.5 Å². The van der Waals surface area contributed by atoms with Crippen LogP contribution in [0.25, 0.3) is 10.8 Å². The van der Waals surface area contributed by atoms with Gasteiger partial charge in [-0.15, -0.1) is 29.0 Å². The van der Waals surface area contributed by atoms with Crippen LogP contribution >= 0.6 is 0 Å². The average molecular weight is 459 g/mol. The number of benzene rings is 4. The molecular weight excluding hydrogens is 439 g/mol. The molecule has 1 N–H and O–H groups in total. The van der Waals surface area contributed by atoms with Crippen LogP contribution in [-0.2, 0) is 26.1 Å². The summed E-state index contributed by atoms with van der Waals surface area (Å²) in [5.74, 6) is 0.934. The predicted molar refractivity (Wildman–Crippen MR) is 113 cm³/mol. The van der Waals surface area contributed by atoms with Crippen LogP contribution in [0.4, 0.5) is 0 Å². The van der Waals surface area contributed by atoms with E-state index >= 15 is 0 Å². The first-order valence-electron chi connectivity index (χ1n) is 9.15. The Morgan fingerprint density at radius 3 is 2.16 bits per heavy atom. The SMILES string of the molecule is COc1cc[c-]cc1.O=C(Oc1ccc(CO)cc1)c1ccc2c[c-]ccc2c1.[O]=[Co]. The molecule has 0 fully saturated rings. The Hall–Kier alpha value is -3.32. The van der Waals surface area contributed by atoms with Gasteiger partial charge in [0.25, 0.3) is 0 Å². The van der Waals surface area contributed by atoms with Gasteiger partial charge in [0.2, 0.25) is 0 Å². The molecule has 4 rings (SSSR count). The molecule has 0 radical (unpaired) electrons. The van der Waals surface area contributed by atoms with Crippen LogP contribution in [-0.4, -0.2) is 18.2 Å². The number of hydrogen-bond donors (Lipinski definition) is 1. The summed E-state index contributed by atoms with van der Waals surface area (Å²) in [6.07, 6.45) is 0. The van der Waals surface area contributed by atoms with Gasteiger partial charge in [-0.2, -0.15) is 42.5 Å². The molecule has 0 aromatic heterocycles. The number of ether oxygens (including phenoxy) is 2. The topological polar surface area (TPSA) is 72.8 Å². The zero-order valence-corrected chi connectivity index (χ0v) is 17.7. The van der Waals surface area contributed by atoms with Crippen molar-refractivity contribution in [3.05, 3.63) is 108 Å². The maximum atomic E-state index is 12.1. The number of aliphatic hydroxyl groups excluding tert-OH is 1. The van der Waals surface area contributed by atoms with Gasteiger partial charge in [-0.3, -0.25) is 0 Å². The number of fused-ring (bicyclic) bond motifs is 1. The molecule has 31 heavy (non-hydrogen) atoms. The monoisotopic (exact) mass is 459 g/mol. The van der Waals surface area contributed by atoms with E-state index < -0.39 is 5.97 Å². The summed E-state index contributed by atoms with van der Waals surface area (Å²) < 4.78 is 18.2. The van der Waals surface area contributed by atoms with E-state index in [0.29, 0.717) is 11.3 Å². The van der Waals surface area contributed by atoms with Crippen LogP contribution in [0.3, 0.4) is 0 Å². The molecule has 0 aliphatic rings. The first-order valence-corrected chi connectivity index (χ1v) is 9.57. The summed E-state index contributed by atoms with van der Waals surface area (Å²) in [6, 6.07) is 31.0. The van der Waals surface area contributed by atoms with Crippen molar-refractivity contribution in [1.29, 1.82) is 0 Å². The van der Waals surface area contributed by atoms with Gasteiger partial charge in [0, 0.05) is 5.75 Å². The molecule has 4 aromatic carbocycles. The van der Waals surface area contributed by atoms with Crippen LogP contribution in [0.15, 0.2) is 84.9 Å². The van der Waals surface area contributed by atoms with E-state index in [2.05, 4.69) is 27.8 Å². The Balaban J connectivity index is 0.000000286. The Labute approximate surface area is 189 Å². The van der Waals surface area contributed by atoms with Crippen molar-refractivity contribution >= 4 is 16.7 Å². The van der Waals surface area contributed by atoms with E-state index in [1.165, 1.54) is 0 Å². The second kappa shape index (κ2) is 13.1. The molecule has 0 atom stereocenters. The normalized spacial score (nSPS) is 9.52. The molecule has 5 nitrogen and oxygen atoms in total. The summed E-state index contributed by atoms with van der Waals surface area (Å²) in [5.41, 5.74) is 1.27. The van der Waals surface area contributed by atoms with Gasteiger partial charge in [-0.25, -0.2) is 4.79 Å². The Morgan fingerprint density at radius 1 is 0.871 bits per heavy atom. The van der Waals surface area contributed by atoms with Gasteiger partial charge < -0.3 is 14.6 Å². The summed E-state index contributed by atoms with van der Waals surface area (Å²) >= 11 is 2.31. The van der Waals surface area contributed by atoms with Crippen molar-refractivity contribution in [2.24, 2.45) is 0 Å². The average Bonchev–Trinajstić information content (AvgIpc) is 2.86. The second-order valence-corrected chi connectivity index (χ2v) is 6.12.